The molecule has 3 nitrogen and oxygen atoms in total. The summed E-state index contributed by atoms with van der Waals surface area (Å²) >= 11 is 7.76. The highest BCUT2D eigenvalue weighted by atomic mass is 127. The van der Waals surface area contributed by atoms with Crippen molar-refractivity contribution in [3.05, 3.63) is 29.7 Å². The fourth-order valence-electron chi connectivity index (χ4n) is 1.53. The van der Waals surface area contributed by atoms with Crippen LogP contribution in [-0.2, 0) is 6.54 Å². The second-order valence-electron chi connectivity index (χ2n) is 3.35. The molecule has 0 radical (unpaired) electrons. The summed E-state index contributed by atoms with van der Waals surface area (Å²) in [5, 5.41) is 10.7. The maximum absolute atomic E-state index is 9.28. The minimum atomic E-state index is -0.363. The van der Waals surface area contributed by atoms with Crippen LogP contribution in [0.1, 0.15) is 20.8 Å². The molecule has 0 aliphatic heterocycles. The molecule has 0 aliphatic carbocycles. The minimum absolute atomic E-state index is 0.363. The molecule has 2 rings (SSSR count). The van der Waals surface area contributed by atoms with Crippen molar-refractivity contribution in [2.45, 2.75) is 33.4 Å². The van der Waals surface area contributed by atoms with Crippen molar-refractivity contribution in [2.75, 3.05) is 0 Å². The van der Waals surface area contributed by atoms with Crippen molar-refractivity contribution in [1.82, 2.24) is 9.55 Å². The third-order valence-corrected chi connectivity index (χ3v) is 2.41. The number of fused-ring (bicyclic) bond motifs is 1. The molecule has 2 aromatic rings. The molecule has 0 fully saturated rings. The van der Waals surface area contributed by atoms with E-state index >= 15 is 0 Å². The van der Waals surface area contributed by atoms with E-state index in [4.69, 9.17) is 11.6 Å². The van der Waals surface area contributed by atoms with Crippen LogP contribution in [0.3, 0.4) is 0 Å². The summed E-state index contributed by atoms with van der Waals surface area (Å²) in [4.78, 5) is 3.99. The Hall–Kier alpha value is 0.0200. The van der Waals surface area contributed by atoms with E-state index in [0.717, 1.165) is 10.9 Å². The summed E-state index contributed by atoms with van der Waals surface area (Å²) in [5.41, 5.74) is 1.01. The molecule has 1 unspecified atom stereocenters. The number of hydrogen-bond acceptors (Lipinski definition) is 3. The van der Waals surface area contributed by atoms with E-state index in [2.05, 4.69) is 14.8 Å². The summed E-state index contributed by atoms with van der Waals surface area (Å²) in [6, 6.07) is 3.80. The third kappa shape index (κ3) is 4.95. The van der Waals surface area contributed by atoms with Gasteiger partial charge >= 0.3 is 0 Å². The highest BCUT2D eigenvalue weighted by Gasteiger charge is 2.06. The van der Waals surface area contributed by atoms with Gasteiger partial charge in [0.15, 0.2) is 0 Å². The first kappa shape index (κ1) is 18.0. The number of nitrogens with zero attached hydrogens (tertiary/aromatic N) is 2. The molecule has 0 bridgehead atoms. The van der Waals surface area contributed by atoms with E-state index in [1.54, 1.807) is 13.1 Å². The predicted octanol–water partition coefficient (Wildman–Crippen LogP) is 4.36. The molecule has 0 aromatic carbocycles. The van der Waals surface area contributed by atoms with Crippen molar-refractivity contribution in [2.24, 2.45) is 0 Å². The van der Waals surface area contributed by atoms with Gasteiger partial charge in [0.05, 0.1) is 11.6 Å². The number of aromatic nitrogens is 2. The van der Waals surface area contributed by atoms with E-state index < -0.39 is 0 Å². The molecule has 0 spiro atoms. The lowest BCUT2D eigenvalue weighted by atomic mass is 10.3. The number of rotatable bonds is 2. The summed E-state index contributed by atoms with van der Waals surface area (Å²) in [6.45, 7) is 6.33. The Bertz CT molecular complexity index is 462. The Labute approximate surface area is 131 Å². The molecular weight excluding hydrogens is 383 g/mol. The number of pyridine rings is 1. The molecular formula is C12H18ClIN2OS. The minimum Gasteiger partial charge on any atom is -0.392 e. The van der Waals surface area contributed by atoms with E-state index in [0.29, 0.717) is 11.7 Å². The zero-order chi connectivity index (χ0) is 14.1. The Morgan fingerprint density at radius 2 is 2.06 bits per heavy atom. The maximum Gasteiger partial charge on any atom is 0.138 e. The average molecular weight is 401 g/mol. The summed E-state index contributed by atoms with van der Waals surface area (Å²) in [7, 11) is 3.50. The first-order chi connectivity index (χ1) is 8.68. The maximum atomic E-state index is 9.28. The van der Waals surface area contributed by atoms with Gasteiger partial charge in [0.25, 0.3) is 0 Å². The van der Waals surface area contributed by atoms with E-state index in [9.17, 15) is 5.11 Å². The van der Waals surface area contributed by atoms with Crippen LogP contribution in [0.5, 0.6) is 0 Å². The van der Waals surface area contributed by atoms with E-state index in [-0.39, 0.29) is 6.10 Å². The van der Waals surface area contributed by atoms with Gasteiger partial charge in [-0.15, -0.1) is 9.80 Å². The number of aliphatic hydroxyl groups is 1. The van der Waals surface area contributed by atoms with Crippen molar-refractivity contribution < 1.29 is 5.11 Å². The second-order valence-corrected chi connectivity index (χ2v) is 3.71. The van der Waals surface area contributed by atoms with Crippen LogP contribution in [-0.4, -0.2) is 20.8 Å². The van der Waals surface area contributed by atoms with Gasteiger partial charge in [-0.3, -0.25) is 0 Å². The molecule has 0 amide bonds. The Kier molecular flexibility index (Phi) is 9.90. The van der Waals surface area contributed by atoms with Crippen LogP contribution in [0.25, 0.3) is 10.9 Å². The second kappa shape index (κ2) is 9.89. The molecule has 2 heterocycles. The first-order valence-corrected chi connectivity index (χ1v) is 9.24. The number of thiol groups is 1. The average Bonchev–Trinajstić information content (AvgIpc) is 2.78. The standard InChI is InChI=1S/C10H11ClN2O.C2H6.HIS/c1-7(14)6-13-5-3-8-9(13)2-4-12-10(8)11;2*1-2/h2-5,7,14H,6H2,1H3;1-2H3;2H. The van der Waals surface area contributed by atoms with Crippen LogP contribution in [0.4, 0.5) is 0 Å². The fourth-order valence-corrected chi connectivity index (χ4v) is 1.75. The first-order valence-electron chi connectivity index (χ1n) is 5.63. The van der Waals surface area contributed by atoms with Crippen LogP contribution in [0.15, 0.2) is 24.5 Å². The molecule has 2 aromatic heterocycles. The molecule has 0 saturated carbocycles. The Balaban J connectivity index is 0.000000659. The monoisotopic (exact) mass is 400 g/mol. The number of halogens is 2. The van der Waals surface area contributed by atoms with Gasteiger partial charge in [0, 0.05) is 24.3 Å². The van der Waals surface area contributed by atoms with E-state index in [1.165, 1.54) is 0 Å². The van der Waals surface area contributed by atoms with Crippen LogP contribution >= 0.6 is 42.6 Å². The van der Waals surface area contributed by atoms with Crippen LogP contribution < -0.4 is 0 Å². The van der Waals surface area contributed by atoms with Gasteiger partial charge in [-0.05, 0) is 40.3 Å². The zero-order valence-corrected chi connectivity index (χ0v) is 14.4. The molecule has 6 heteroatoms. The topological polar surface area (TPSA) is 38.0 Å². The quantitative estimate of drug-likeness (QED) is 0.446. The lowest BCUT2D eigenvalue weighted by molar-refractivity contribution is 0.175. The molecule has 0 saturated heterocycles. The Morgan fingerprint density at radius 3 is 2.61 bits per heavy atom. The lowest BCUT2D eigenvalue weighted by Gasteiger charge is -2.07. The van der Waals surface area contributed by atoms with Crippen LogP contribution in [0.2, 0.25) is 5.15 Å². The largest absolute Gasteiger partial charge is 0.392 e. The molecule has 1 atom stereocenters. The zero-order valence-electron chi connectivity index (χ0n) is 10.6. The van der Waals surface area contributed by atoms with Crippen molar-refractivity contribution in [3.63, 3.8) is 0 Å². The summed E-state index contributed by atoms with van der Waals surface area (Å²) in [6.07, 6.45) is 3.21. The normalized spacial score (nSPS) is 11.1. The van der Waals surface area contributed by atoms with E-state index in [1.807, 2.05) is 57.9 Å². The highest BCUT2D eigenvalue weighted by Crippen LogP contribution is 2.21. The Morgan fingerprint density at radius 1 is 1.44 bits per heavy atom. The molecule has 102 valence electrons. The van der Waals surface area contributed by atoms with Crippen molar-refractivity contribution in [1.29, 1.82) is 0 Å². The van der Waals surface area contributed by atoms with Crippen LogP contribution in [0, 0.1) is 0 Å². The summed E-state index contributed by atoms with van der Waals surface area (Å²) in [5.74, 6) is 0. The molecule has 1 N–H and O–H groups in total. The predicted molar refractivity (Wildman–Crippen MR) is 90.8 cm³/mol. The summed E-state index contributed by atoms with van der Waals surface area (Å²) < 4.78 is 1.97. The SMILES string of the molecule is CC.CC(O)Cn1ccc2c(Cl)nccc21.SI. The van der Waals surface area contributed by atoms with Crippen molar-refractivity contribution >= 4 is 53.5 Å². The van der Waals surface area contributed by atoms with Gasteiger partial charge in [-0.2, -0.15) is 0 Å². The van der Waals surface area contributed by atoms with Gasteiger partial charge in [-0.1, -0.05) is 25.4 Å². The van der Waals surface area contributed by atoms with Gasteiger partial charge < -0.3 is 9.67 Å². The third-order valence-electron chi connectivity index (χ3n) is 2.11. The van der Waals surface area contributed by atoms with Crippen molar-refractivity contribution in [3.8, 4) is 0 Å². The number of hydrogen-bond donors (Lipinski definition) is 2. The number of aliphatic hydroxyl groups excluding tert-OH is 1. The van der Waals surface area contributed by atoms with Gasteiger partial charge in [0.1, 0.15) is 5.15 Å². The lowest BCUT2D eigenvalue weighted by Crippen LogP contribution is -2.10. The smallest absolute Gasteiger partial charge is 0.138 e. The molecule has 0 aliphatic rings. The van der Waals surface area contributed by atoms with Gasteiger partial charge in [0.2, 0.25) is 0 Å². The van der Waals surface area contributed by atoms with Gasteiger partial charge in [-0.25, -0.2) is 4.98 Å². The highest BCUT2D eigenvalue weighted by molar-refractivity contribution is 14.2. The molecule has 18 heavy (non-hydrogen) atoms. The fraction of sp³-hybridized carbons (Fsp3) is 0.417.